The third kappa shape index (κ3) is 8.39. The molecule has 0 bridgehead atoms. The zero-order valence-corrected chi connectivity index (χ0v) is 9.78. The molecule has 0 aliphatic heterocycles. The molecule has 6 nitrogen and oxygen atoms in total. The molecule has 0 fully saturated rings. The lowest BCUT2D eigenvalue weighted by atomic mass is 10.3. The lowest BCUT2D eigenvalue weighted by Crippen LogP contribution is -2.38. The van der Waals surface area contributed by atoms with E-state index in [4.69, 9.17) is 4.55 Å². The zero-order chi connectivity index (χ0) is 11.4. The molecule has 0 aromatic rings. The Balaban J connectivity index is 4.25. The highest BCUT2D eigenvalue weighted by Crippen LogP contribution is 2.00. The lowest BCUT2D eigenvalue weighted by molar-refractivity contribution is 0.120. The second-order valence-corrected chi connectivity index (χ2v) is 4.72. The van der Waals surface area contributed by atoms with Gasteiger partial charge in [-0.25, -0.2) is 4.18 Å². The molecule has 0 aromatic heterocycles. The summed E-state index contributed by atoms with van der Waals surface area (Å²) in [5.74, 6) is 0. The summed E-state index contributed by atoms with van der Waals surface area (Å²) in [5, 5.41) is 0. The first-order chi connectivity index (χ1) is 6.20. The number of nitrogens with zero attached hydrogens (tertiary/aromatic N) is 2. The van der Waals surface area contributed by atoms with Gasteiger partial charge in [-0.2, -0.15) is 8.42 Å². The molecule has 0 aromatic carbocycles. The van der Waals surface area contributed by atoms with Crippen LogP contribution in [-0.4, -0.2) is 70.2 Å². The molecule has 0 aliphatic carbocycles. The Morgan fingerprint density at radius 2 is 1.50 bits per heavy atom. The Labute approximate surface area is 85.4 Å². The molecule has 0 amide bonds. The van der Waals surface area contributed by atoms with Crippen molar-refractivity contribution in [3.8, 4) is 0 Å². The molecular weight excluding hydrogens is 208 g/mol. The molecule has 1 N–H and O–H groups in total. The molecule has 14 heavy (non-hydrogen) atoms. The molecule has 0 atom stereocenters. The fourth-order valence-corrected chi connectivity index (χ4v) is 1.57. The van der Waals surface area contributed by atoms with Crippen molar-refractivity contribution in [2.45, 2.75) is 6.10 Å². The van der Waals surface area contributed by atoms with Crippen molar-refractivity contribution in [2.75, 3.05) is 41.3 Å². The van der Waals surface area contributed by atoms with Crippen LogP contribution in [0.15, 0.2) is 0 Å². The maximum atomic E-state index is 10.5. The molecule has 7 heteroatoms. The number of hydrogen-bond donors (Lipinski definition) is 1. The topological polar surface area (TPSA) is 70.1 Å². The van der Waals surface area contributed by atoms with Gasteiger partial charge in [0.15, 0.2) is 0 Å². The van der Waals surface area contributed by atoms with Gasteiger partial charge in [-0.05, 0) is 28.2 Å². The lowest BCUT2D eigenvalue weighted by Gasteiger charge is -2.22. The highest BCUT2D eigenvalue weighted by molar-refractivity contribution is 7.80. The highest BCUT2D eigenvalue weighted by atomic mass is 32.3. The normalized spacial score (nSPS) is 13.1. The van der Waals surface area contributed by atoms with Gasteiger partial charge in [0.1, 0.15) is 6.10 Å². The molecule has 0 saturated heterocycles. The van der Waals surface area contributed by atoms with Crippen LogP contribution in [0.5, 0.6) is 0 Å². The Hall–Kier alpha value is -0.210. The van der Waals surface area contributed by atoms with Crippen molar-refractivity contribution in [2.24, 2.45) is 0 Å². The average Bonchev–Trinajstić information content (AvgIpc) is 1.77. The summed E-state index contributed by atoms with van der Waals surface area (Å²) in [6.45, 7) is 0.857. The van der Waals surface area contributed by atoms with Gasteiger partial charge in [-0.1, -0.05) is 0 Å². The average molecular weight is 226 g/mol. The standard InChI is InChI=1S/C7H18N2O4S/c1-8(2)5-7(6-9(3)4)13-14(10,11)12/h7H,5-6H2,1-4H3,(H,10,11,12). The summed E-state index contributed by atoms with van der Waals surface area (Å²) in [5.41, 5.74) is 0. The summed E-state index contributed by atoms with van der Waals surface area (Å²) >= 11 is 0. The number of rotatable bonds is 6. The van der Waals surface area contributed by atoms with Gasteiger partial charge in [0, 0.05) is 13.1 Å². The van der Waals surface area contributed by atoms with Crippen LogP contribution in [0.25, 0.3) is 0 Å². The van der Waals surface area contributed by atoms with Gasteiger partial charge in [-0.3, -0.25) is 4.55 Å². The Bertz CT molecular complexity index is 240. The van der Waals surface area contributed by atoms with E-state index >= 15 is 0 Å². The van der Waals surface area contributed by atoms with E-state index < -0.39 is 16.5 Å². The van der Waals surface area contributed by atoms with Gasteiger partial charge in [0.2, 0.25) is 0 Å². The summed E-state index contributed by atoms with van der Waals surface area (Å²) in [7, 11) is 2.84. The minimum atomic E-state index is -4.37. The molecule has 0 aliphatic rings. The summed E-state index contributed by atoms with van der Waals surface area (Å²) in [6.07, 6.45) is -0.560. The maximum absolute atomic E-state index is 10.5. The van der Waals surface area contributed by atoms with Gasteiger partial charge >= 0.3 is 10.4 Å². The van der Waals surface area contributed by atoms with E-state index in [1.165, 1.54) is 0 Å². The monoisotopic (exact) mass is 226 g/mol. The van der Waals surface area contributed by atoms with Crippen molar-refractivity contribution >= 4 is 10.4 Å². The van der Waals surface area contributed by atoms with Gasteiger partial charge < -0.3 is 9.80 Å². The predicted molar refractivity (Wildman–Crippen MR) is 53.5 cm³/mol. The molecule has 0 spiro atoms. The molecule has 0 unspecified atom stereocenters. The van der Waals surface area contributed by atoms with Crippen molar-refractivity contribution < 1.29 is 17.2 Å². The van der Waals surface area contributed by atoms with Crippen LogP contribution < -0.4 is 0 Å². The van der Waals surface area contributed by atoms with Crippen LogP contribution in [0.3, 0.4) is 0 Å². The second-order valence-electron chi connectivity index (χ2n) is 3.67. The smallest absolute Gasteiger partial charge is 0.307 e. The van der Waals surface area contributed by atoms with E-state index in [-0.39, 0.29) is 0 Å². The Morgan fingerprint density at radius 3 is 1.71 bits per heavy atom. The molecule has 0 heterocycles. The van der Waals surface area contributed by atoms with E-state index in [0.717, 1.165) is 0 Å². The first-order valence-corrected chi connectivity index (χ1v) is 5.52. The fourth-order valence-electron chi connectivity index (χ4n) is 1.11. The molecule has 0 radical (unpaired) electrons. The Morgan fingerprint density at radius 1 is 1.14 bits per heavy atom. The van der Waals surface area contributed by atoms with Crippen LogP contribution in [0, 0.1) is 0 Å². The molecule has 0 saturated carbocycles. The third-order valence-electron chi connectivity index (χ3n) is 1.40. The van der Waals surface area contributed by atoms with Crippen molar-refractivity contribution in [1.29, 1.82) is 0 Å². The highest BCUT2D eigenvalue weighted by Gasteiger charge is 2.18. The Kier molecular flexibility index (Phi) is 5.53. The molecule has 86 valence electrons. The van der Waals surface area contributed by atoms with Gasteiger partial charge in [0.05, 0.1) is 0 Å². The van der Waals surface area contributed by atoms with E-state index in [1.54, 1.807) is 38.0 Å². The van der Waals surface area contributed by atoms with Gasteiger partial charge in [0.25, 0.3) is 0 Å². The SMILES string of the molecule is CN(C)CC(CN(C)C)OS(=O)(=O)O. The summed E-state index contributed by atoms with van der Waals surface area (Å²) in [6, 6.07) is 0. The summed E-state index contributed by atoms with van der Waals surface area (Å²) < 4.78 is 34.0. The number of likely N-dealkylation sites (N-methyl/N-ethyl adjacent to an activating group) is 2. The van der Waals surface area contributed by atoms with Crippen LogP contribution in [0.2, 0.25) is 0 Å². The minimum absolute atomic E-state index is 0.429. The van der Waals surface area contributed by atoms with Gasteiger partial charge in [-0.15, -0.1) is 0 Å². The predicted octanol–water partition coefficient (Wildman–Crippen LogP) is -0.702. The van der Waals surface area contributed by atoms with Crippen molar-refractivity contribution in [3.05, 3.63) is 0 Å². The van der Waals surface area contributed by atoms with E-state index in [0.29, 0.717) is 13.1 Å². The summed E-state index contributed by atoms with van der Waals surface area (Å²) in [4.78, 5) is 3.58. The van der Waals surface area contributed by atoms with Crippen LogP contribution in [0.4, 0.5) is 0 Å². The van der Waals surface area contributed by atoms with E-state index in [2.05, 4.69) is 4.18 Å². The van der Waals surface area contributed by atoms with E-state index in [1.807, 2.05) is 0 Å². The minimum Gasteiger partial charge on any atom is -0.307 e. The maximum Gasteiger partial charge on any atom is 0.397 e. The van der Waals surface area contributed by atoms with Crippen LogP contribution >= 0.6 is 0 Å². The first kappa shape index (κ1) is 13.8. The van der Waals surface area contributed by atoms with Crippen molar-refractivity contribution in [1.82, 2.24) is 9.80 Å². The van der Waals surface area contributed by atoms with E-state index in [9.17, 15) is 8.42 Å². The number of hydrogen-bond acceptors (Lipinski definition) is 5. The van der Waals surface area contributed by atoms with Crippen LogP contribution in [-0.2, 0) is 14.6 Å². The fraction of sp³-hybridized carbons (Fsp3) is 1.00. The quantitative estimate of drug-likeness (QED) is 0.604. The first-order valence-electron chi connectivity index (χ1n) is 4.16. The third-order valence-corrected chi connectivity index (χ3v) is 1.91. The molecule has 0 rings (SSSR count). The van der Waals surface area contributed by atoms with Crippen molar-refractivity contribution in [3.63, 3.8) is 0 Å². The van der Waals surface area contributed by atoms with Crippen LogP contribution in [0.1, 0.15) is 0 Å². The largest absolute Gasteiger partial charge is 0.397 e. The second kappa shape index (κ2) is 5.62. The molecular formula is C7H18N2O4S. The zero-order valence-electron chi connectivity index (χ0n) is 8.97.